The molecule has 1 fully saturated rings. The molecule has 0 unspecified atom stereocenters. The molecule has 3 heteroatoms. The van der Waals surface area contributed by atoms with Crippen LogP contribution in [0.25, 0.3) is 11.3 Å². The summed E-state index contributed by atoms with van der Waals surface area (Å²) in [6.45, 7) is 2.08. The van der Waals surface area contributed by atoms with Crippen LogP contribution in [0.2, 0.25) is 0 Å². The summed E-state index contributed by atoms with van der Waals surface area (Å²) in [5.41, 5.74) is 3.27. The quantitative estimate of drug-likeness (QED) is 0.819. The van der Waals surface area contributed by atoms with Gasteiger partial charge in [-0.3, -0.25) is 0 Å². The fourth-order valence-electron chi connectivity index (χ4n) is 1.69. The van der Waals surface area contributed by atoms with Crippen molar-refractivity contribution in [3.63, 3.8) is 0 Å². The van der Waals surface area contributed by atoms with Crippen LogP contribution in [0.1, 0.15) is 30.2 Å². The van der Waals surface area contributed by atoms with Gasteiger partial charge in [-0.1, -0.05) is 28.1 Å². The van der Waals surface area contributed by atoms with Crippen LogP contribution in [0.15, 0.2) is 33.4 Å². The summed E-state index contributed by atoms with van der Waals surface area (Å²) in [6.07, 6.45) is 4.19. The van der Waals surface area contributed by atoms with Gasteiger partial charge in [0.2, 0.25) is 0 Å². The molecule has 0 bridgehead atoms. The standard InChI is InChI=1S/C13H12BrNO/c1-8-2-3-10(6-11(8)14)12-7-16-13(15-12)9-4-5-9/h2-3,6-7,9H,4-5H2,1H3. The lowest BCUT2D eigenvalue weighted by molar-refractivity contribution is 0.497. The molecule has 1 aliphatic rings. The van der Waals surface area contributed by atoms with E-state index >= 15 is 0 Å². The second kappa shape index (κ2) is 3.74. The Balaban J connectivity index is 1.97. The SMILES string of the molecule is Cc1ccc(-c2coc(C3CC3)n2)cc1Br. The Morgan fingerprint density at radius 2 is 2.19 bits per heavy atom. The molecule has 16 heavy (non-hydrogen) atoms. The highest BCUT2D eigenvalue weighted by Gasteiger charge is 2.28. The van der Waals surface area contributed by atoms with Crippen LogP contribution in [0.4, 0.5) is 0 Å². The molecule has 1 aromatic heterocycles. The van der Waals surface area contributed by atoms with Crippen LogP contribution in [0.5, 0.6) is 0 Å². The second-order valence-electron chi connectivity index (χ2n) is 4.31. The van der Waals surface area contributed by atoms with Gasteiger partial charge in [0.05, 0.1) is 0 Å². The predicted molar refractivity (Wildman–Crippen MR) is 66.4 cm³/mol. The van der Waals surface area contributed by atoms with Gasteiger partial charge in [-0.2, -0.15) is 0 Å². The number of aryl methyl sites for hydroxylation is 1. The molecule has 1 saturated carbocycles. The number of halogens is 1. The fourth-order valence-corrected chi connectivity index (χ4v) is 2.07. The van der Waals surface area contributed by atoms with Gasteiger partial charge in [0.1, 0.15) is 12.0 Å². The first-order chi connectivity index (χ1) is 7.74. The molecular weight excluding hydrogens is 266 g/mol. The van der Waals surface area contributed by atoms with Gasteiger partial charge >= 0.3 is 0 Å². The monoisotopic (exact) mass is 277 g/mol. The van der Waals surface area contributed by atoms with Crippen LogP contribution in [0.3, 0.4) is 0 Å². The van der Waals surface area contributed by atoms with E-state index in [1.807, 2.05) is 0 Å². The third-order valence-corrected chi connectivity index (χ3v) is 3.77. The first kappa shape index (κ1) is 10.1. The lowest BCUT2D eigenvalue weighted by Gasteiger charge is -2.00. The molecule has 0 atom stereocenters. The van der Waals surface area contributed by atoms with E-state index in [-0.39, 0.29) is 0 Å². The lowest BCUT2D eigenvalue weighted by Crippen LogP contribution is -1.82. The molecule has 0 N–H and O–H groups in total. The van der Waals surface area contributed by atoms with Crippen molar-refractivity contribution in [2.24, 2.45) is 0 Å². The Morgan fingerprint density at radius 3 is 2.88 bits per heavy atom. The van der Waals surface area contributed by atoms with Gasteiger partial charge in [-0.25, -0.2) is 4.98 Å². The average Bonchev–Trinajstić information content (AvgIpc) is 3.01. The molecular formula is C13H12BrNO. The van der Waals surface area contributed by atoms with Crippen LogP contribution < -0.4 is 0 Å². The Labute approximate surface area is 103 Å². The molecule has 3 rings (SSSR count). The first-order valence-corrected chi connectivity index (χ1v) is 6.25. The minimum atomic E-state index is 0.572. The summed E-state index contributed by atoms with van der Waals surface area (Å²) >= 11 is 3.53. The van der Waals surface area contributed by atoms with Crippen LogP contribution in [0, 0.1) is 6.92 Å². The average molecular weight is 278 g/mol. The van der Waals surface area contributed by atoms with E-state index < -0.39 is 0 Å². The molecule has 1 aliphatic carbocycles. The molecule has 0 spiro atoms. The van der Waals surface area contributed by atoms with Crippen LogP contribution in [-0.2, 0) is 0 Å². The third kappa shape index (κ3) is 1.80. The van der Waals surface area contributed by atoms with Crippen molar-refractivity contribution >= 4 is 15.9 Å². The molecule has 0 radical (unpaired) electrons. The van der Waals surface area contributed by atoms with E-state index in [1.165, 1.54) is 18.4 Å². The highest BCUT2D eigenvalue weighted by Crippen LogP contribution is 2.40. The van der Waals surface area contributed by atoms with Gasteiger partial charge < -0.3 is 4.42 Å². The van der Waals surface area contributed by atoms with Crippen molar-refractivity contribution in [3.05, 3.63) is 40.4 Å². The summed E-state index contributed by atoms with van der Waals surface area (Å²) in [5, 5.41) is 0. The highest BCUT2D eigenvalue weighted by atomic mass is 79.9. The van der Waals surface area contributed by atoms with Crippen molar-refractivity contribution in [1.29, 1.82) is 0 Å². The molecule has 0 saturated heterocycles. The molecule has 2 nitrogen and oxygen atoms in total. The van der Waals surface area contributed by atoms with Crippen LogP contribution in [-0.4, -0.2) is 4.98 Å². The minimum Gasteiger partial charge on any atom is -0.448 e. The smallest absolute Gasteiger partial charge is 0.197 e. The topological polar surface area (TPSA) is 26.0 Å². The van der Waals surface area contributed by atoms with Gasteiger partial charge in [-0.05, 0) is 31.4 Å². The van der Waals surface area contributed by atoms with E-state index in [2.05, 4.69) is 46.0 Å². The molecule has 82 valence electrons. The zero-order valence-corrected chi connectivity index (χ0v) is 10.6. The molecule has 0 aliphatic heterocycles. The zero-order chi connectivity index (χ0) is 11.1. The van der Waals surface area contributed by atoms with Gasteiger partial charge in [-0.15, -0.1) is 0 Å². The summed E-state index contributed by atoms with van der Waals surface area (Å²) < 4.78 is 6.60. The van der Waals surface area contributed by atoms with Crippen LogP contribution >= 0.6 is 15.9 Å². The Morgan fingerprint density at radius 1 is 1.38 bits per heavy atom. The van der Waals surface area contributed by atoms with Gasteiger partial charge in [0.15, 0.2) is 5.89 Å². The predicted octanol–water partition coefficient (Wildman–Crippen LogP) is 4.29. The highest BCUT2D eigenvalue weighted by molar-refractivity contribution is 9.10. The first-order valence-electron chi connectivity index (χ1n) is 5.46. The lowest BCUT2D eigenvalue weighted by atomic mass is 10.1. The number of hydrogen-bond donors (Lipinski definition) is 0. The number of benzene rings is 1. The number of oxazole rings is 1. The van der Waals surface area contributed by atoms with E-state index in [9.17, 15) is 0 Å². The number of nitrogens with zero attached hydrogens (tertiary/aromatic N) is 1. The summed E-state index contributed by atoms with van der Waals surface area (Å²) in [5.74, 6) is 1.47. The van der Waals surface area contributed by atoms with Crippen molar-refractivity contribution in [3.8, 4) is 11.3 Å². The van der Waals surface area contributed by atoms with E-state index in [4.69, 9.17) is 4.42 Å². The van der Waals surface area contributed by atoms with Gasteiger partial charge in [0.25, 0.3) is 0 Å². The van der Waals surface area contributed by atoms with Crippen molar-refractivity contribution in [1.82, 2.24) is 4.98 Å². The third-order valence-electron chi connectivity index (χ3n) is 2.92. The number of rotatable bonds is 2. The summed E-state index contributed by atoms with van der Waals surface area (Å²) in [6, 6.07) is 6.25. The Hall–Kier alpha value is -1.09. The second-order valence-corrected chi connectivity index (χ2v) is 5.16. The normalized spacial score (nSPS) is 15.4. The zero-order valence-electron chi connectivity index (χ0n) is 9.03. The van der Waals surface area contributed by atoms with E-state index in [1.54, 1.807) is 6.26 Å². The molecule has 1 heterocycles. The Bertz CT molecular complexity index is 528. The fraction of sp³-hybridized carbons (Fsp3) is 0.308. The summed E-state index contributed by atoms with van der Waals surface area (Å²) in [4.78, 5) is 4.53. The van der Waals surface area contributed by atoms with E-state index in [0.29, 0.717) is 5.92 Å². The largest absolute Gasteiger partial charge is 0.448 e. The van der Waals surface area contributed by atoms with Gasteiger partial charge in [0, 0.05) is 16.0 Å². The van der Waals surface area contributed by atoms with Crippen molar-refractivity contribution in [2.45, 2.75) is 25.7 Å². The maximum atomic E-state index is 5.49. The Kier molecular flexibility index (Phi) is 2.36. The maximum absolute atomic E-state index is 5.49. The molecule has 1 aromatic carbocycles. The molecule has 2 aromatic rings. The maximum Gasteiger partial charge on any atom is 0.197 e. The van der Waals surface area contributed by atoms with Crippen molar-refractivity contribution < 1.29 is 4.42 Å². The number of hydrogen-bond acceptors (Lipinski definition) is 2. The molecule has 0 amide bonds. The number of aromatic nitrogens is 1. The summed E-state index contributed by atoms with van der Waals surface area (Å²) in [7, 11) is 0. The van der Waals surface area contributed by atoms with E-state index in [0.717, 1.165) is 21.6 Å². The minimum absolute atomic E-state index is 0.572. The van der Waals surface area contributed by atoms with Crippen molar-refractivity contribution in [2.75, 3.05) is 0 Å².